The lowest BCUT2D eigenvalue weighted by atomic mass is 9.96. The Morgan fingerprint density at radius 2 is 2.00 bits per heavy atom. The molecule has 0 saturated heterocycles. The lowest BCUT2D eigenvalue weighted by molar-refractivity contribution is -0.142. The van der Waals surface area contributed by atoms with Crippen molar-refractivity contribution >= 4 is 5.97 Å². The summed E-state index contributed by atoms with van der Waals surface area (Å²) in [5.41, 5.74) is 5.55. The average Bonchev–Trinajstić information content (AvgIpc) is 1.88. The van der Waals surface area contributed by atoms with Gasteiger partial charge in [-0.2, -0.15) is 0 Å². The maximum Gasteiger partial charge on any atom is 0.308 e. The van der Waals surface area contributed by atoms with Crippen LogP contribution >= 0.6 is 0 Å². The maximum atomic E-state index is 10.5. The van der Waals surface area contributed by atoms with Gasteiger partial charge in [-0.15, -0.1) is 0 Å². The van der Waals surface area contributed by atoms with Crippen LogP contribution in [0.25, 0.3) is 0 Å². The molecule has 0 rings (SSSR count). The largest absolute Gasteiger partial charge is 0.481 e. The molecule has 0 aromatic heterocycles. The Kier molecular flexibility index (Phi) is 4.03. The van der Waals surface area contributed by atoms with E-state index in [4.69, 9.17) is 10.8 Å². The molecule has 3 N–H and O–H groups in total. The molecule has 0 aromatic carbocycles. The van der Waals surface area contributed by atoms with Gasteiger partial charge in [0.1, 0.15) is 0 Å². The summed E-state index contributed by atoms with van der Waals surface area (Å²) in [7, 11) is 0. The molecule has 3 heteroatoms. The van der Waals surface area contributed by atoms with Gasteiger partial charge in [-0.05, 0) is 12.8 Å². The van der Waals surface area contributed by atoms with Gasteiger partial charge < -0.3 is 10.8 Å². The molecule has 0 aromatic rings. The van der Waals surface area contributed by atoms with E-state index in [1.807, 2.05) is 13.8 Å². The van der Waals surface area contributed by atoms with Crippen molar-refractivity contribution < 1.29 is 9.90 Å². The SMILES string of the molecule is CCC(C(=O)O)[C@@H](N)CC. The number of aliphatic carboxylic acids is 1. The van der Waals surface area contributed by atoms with Crippen LogP contribution in [0.1, 0.15) is 26.7 Å². The van der Waals surface area contributed by atoms with Gasteiger partial charge in [0, 0.05) is 6.04 Å². The first-order valence-corrected chi connectivity index (χ1v) is 3.61. The number of carboxylic acids is 1. The number of hydrogen-bond donors (Lipinski definition) is 2. The van der Waals surface area contributed by atoms with Crippen molar-refractivity contribution in [3.05, 3.63) is 0 Å². The van der Waals surface area contributed by atoms with Gasteiger partial charge in [0.2, 0.25) is 0 Å². The van der Waals surface area contributed by atoms with Crippen molar-refractivity contribution in [1.82, 2.24) is 0 Å². The highest BCUT2D eigenvalue weighted by molar-refractivity contribution is 5.70. The Morgan fingerprint density at radius 1 is 1.50 bits per heavy atom. The van der Waals surface area contributed by atoms with Crippen LogP contribution < -0.4 is 5.73 Å². The molecule has 0 radical (unpaired) electrons. The van der Waals surface area contributed by atoms with Crippen LogP contribution in [-0.4, -0.2) is 17.1 Å². The molecule has 0 aliphatic heterocycles. The quantitative estimate of drug-likeness (QED) is 0.616. The molecule has 0 saturated carbocycles. The highest BCUT2D eigenvalue weighted by atomic mass is 16.4. The van der Waals surface area contributed by atoms with E-state index in [9.17, 15) is 4.79 Å². The van der Waals surface area contributed by atoms with Crippen LogP contribution in [0, 0.1) is 5.92 Å². The number of rotatable bonds is 4. The molecule has 0 aliphatic rings. The molecule has 2 atom stereocenters. The first-order chi connectivity index (χ1) is 4.63. The van der Waals surface area contributed by atoms with E-state index in [0.717, 1.165) is 6.42 Å². The number of carbonyl (C=O) groups is 1. The van der Waals surface area contributed by atoms with Crippen LogP contribution in [0.2, 0.25) is 0 Å². The van der Waals surface area contributed by atoms with Crippen molar-refractivity contribution in [2.24, 2.45) is 11.7 Å². The minimum atomic E-state index is -0.781. The second-order valence-corrected chi connectivity index (χ2v) is 2.43. The highest BCUT2D eigenvalue weighted by Gasteiger charge is 2.20. The number of carboxylic acid groups (broad SMARTS) is 1. The van der Waals surface area contributed by atoms with E-state index in [2.05, 4.69) is 0 Å². The topological polar surface area (TPSA) is 63.3 Å². The second-order valence-electron chi connectivity index (χ2n) is 2.43. The van der Waals surface area contributed by atoms with Crippen molar-refractivity contribution in [1.29, 1.82) is 0 Å². The van der Waals surface area contributed by atoms with Crippen LogP contribution in [-0.2, 0) is 4.79 Å². The minimum Gasteiger partial charge on any atom is -0.481 e. The maximum absolute atomic E-state index is 10.5. The minimum absolute atomic E-state index is 0.192. The van der Waals surface area contributed by atoms with Crippen LogP contribution in [0.15, 0.2) is 0 Å². The van der Waals surface area contributed by atoms with Crippen LogP contribution in [0.4, 0.5) is 0 Å². The number of nitrogens with two attached hydrogens (primary N) is 1. The standard InChI is InChI=1S/C7H15NO2/c1-3-5(7(9)10)6(8)4-2/h5-6H,3-4,8H2,1-2H3,(H,9,10)/t5?,6-/m0/s1. The molecular weight excluding hydrogens is 130 g/mol. The third-order valence-corrected chi connectivity index (χ3v) is 1.75. The van der Waals surface area contributed by atoms with Gasteiger partial charge in [0.15, 0.2) is 0 Å². The summed E-state index contributed by atoms with van der Waals surface area (Å²) in [5, 5.41) is 8.59. The van der Waals surface area contributed by atoms with Gasteiger partial charge in [0.25, 0.3) is 0 Å². The third kappa shape index (κ3) is 2.35. The average molecular weight is 145 g/mol. The van der Waals surface area contributed by atoms with Crippen molar-refractivity contribution in [2.75, 3.05) is 0 Å². The van der Waals surface area contributed by atoms with Gasteiger partial charge in [-0.1, -0.05) is 13.8 Å². The Morgan fingerprint density at radius 3 is 2.10 bits per heavy atom. The van der Waals surface area contributed by atoms with Crippen LogP contribution in [0.5, 0.6) is 0 Å². The van der Waals surface area contributed by atoms with E-state index >= 15 is 0 Å². The Hall–Kier alpha value is -0.570. The Bertz CT molecular complexity index is 114. The van der Waals surface area contributed by atoms with E-state index < -0.39 is 5.97 Å². The third-order valence-electron chi connectivity index (χ3n) is 1.75. The molecule has 10 heavy (non-hydrogen) atoms. The molecule has 60 valence electrons. The fourth-order valence-corrected chi connectivity index (χ4v) is 0.945. The van der Waals surface area contributed by atoms with Gasteiger partial charge in [-0.3, -0.25) is 4.79 Å². The van der Waals surface area contributed by atoms with Gasteiger partial charge in [0.05, 0.1) is 5.92 Å². The molecule has 0 bridgehead atoms. The lowest BCUT2D eigenvalue weighted by Crippen LogP contribution is -2.34. The fraction of sp³-hybridized carbons (Fsp3) is 0.857. The summed E-state index contributed by atoms with van der Waals surface area (Å²) >= 11 is 0. The Balaban J connectivity index is 3.92. The zero-order valence-electron chi connectivity index (χ0n) is 6.50. The van der Waals surface area contributed by atoms with Crippen molar-refractivity contribution in [2.45, 2.75) is 32.7 Å². The molecule has 1 unspecified atom stereocenters. The molecule has 0 spiro atoms. The van der Waals surface area contributed by atoms with Crippen molar-refractivity contribution in [3.63, 3.8) is 0 Å². The molecule has 0 heterocycles. The molecular formula is C7H15NO2. The summed E-state index contributed by atoms with van der Waals surface area (Å²) in [6, 6.07) is -0.192. The summed E-state index contributed by atoms with van der Waals surface area (Å²) < 4.78 is 0. The summed E-state index contributed by atoms with van der Waals surface area (Å²) in [6.45, 7) is 3.74. The first kappa shape index (κ1) is 9.43. The van der Waals surface area contributed by atoms with Crippen LogP contribution in [0.3, 0.4) is 0 Å². The van der Waals surface area contributed by atoms with Gasteiger partial charge >= 0.3 is 5.97 Å². The van der Waals surface area contributed by atoms with E-state index in [1.54, 1.807) is 0 Å². The Labute approximate surface area is 61.2 Å². The zero-order valence-corrected chi connectivity index (χ0v) is 6.50. The first-order valence-electron chi connectivity index (χ1n) is 3.61. The van der Waals surface area contributed by atoms with E-state index in [-0.39, 0.29) is 12.0 Å². The molecule has 0 fully saturated rings. The predicted molar refractivity (Wildman–Crippen MR) is 39.7 cm³/mol. The fourth-order valence-electron chi connectivity index (χ4n) is 0.945. The molecule has 0 amide bonds. The highest BCUT2D eigenvalue weighted by Crippen LogP contribution is 2.09. The normalized spacial score (nSPS) is 16.3. The monoisotopic (exact) mass is 145 g/mol. The predicted octanol–water partition coefficient (Wildman–Crippen LogP) is 0.834. The molecule has 0 aliphatic carbocycles. The van der Waals surface area contributed by atoms with E-state index in [0.29, 0.717) is 6.42 Å². The second kappa shape index (κ2) is 4.28. The van der Waals surface area contributed by atoms with Gasteiger partial charge in [-0.25, -0.2) is 0 Å². The number of hydrogen-bond acceptors (Lipinski definition) is 2. The van der Waals surface area contributed by atoms with E-state index in [1.165, 1.54) is 0 Å². The summed E-state index contributed by atoms with van der Waals surface area (Å²) in [4.78, 5) is 10.5. The molecule has 3 nitrogen and oxygen atoms in total. The lowest BCUT2D eigenvalue weighted by Gasteiger charge is -2.15. The summed E-state index contributed by atoms with van der Waals surface area (Å²) in [5.74, 6) is -1.15. The van der Waals surface area contributed by atoms with Crippen molar-refractivity contribution in [3.8, 4) is 0 Å². The smallest absolute Gasteiger partial charge is 0.308 e. The zero-order chi connectivity index (χ0) is 8.15. The summed E-state index contributed by atoms with van der Waals surface area (Å²) in [6.07, 6.45) is 1.34.